The largest absolute Gasteiger partial charge is 0.396 e. The SMILES string of the molecule is CCN1C[C@]2(CO)CC[C@H](OC)[C@@]34C5C[C@@H]6[C@@H](OC)C[C@@](O)(C5[C@H]6OC)[C@](O)([C@@H](OC)C23)[C@@H]14. The molecule has 3 unspecified atom stereocenters. The average Bonchev–Trinajstić information content (AvgIpc) is 3.24. The van der Waals surface area contributed by atoms with E-state index < -0.39 is 28.1 Å². The third kappa shape index (κ3) is 2.16. The second-order valence-electron chi connectivity index (χ2n) is 11.8. The minimum absolute atomic E-state index is 0.0443. The molecule has 8 nitrogen and oxygen atoms in total. The summed E-state index contributed by atoms with van der Waals surface area (Å²) in [5.74, 6) is -0.0916. The number of hydrogen-bond donors (Lipinski definition) is 3. The van der Waals surface area contributed by atoms with E-state index in [1.807, 2.05) is 0 Å². The second kappa shape index (κ2) is 7.13. The van der Waals surface area contributed by atoms with Gasteiger partial charge in [0.25, 0.3) is 0 Å². The van der Waals surface area contributed by atoms with Crippen molar-refractivity contribution in [3.05, 3.63) is 0 Å². The topological polar surface area (TPSA) is 101 Å². The molecule has 1 saturated heterocycles. The number of fused-ring (bicyclic) bond motifs is 2. The van der Waals surface area contributed by atoms with Crippen LogP contribution in [0.4, 0.5) is 0 Å². The number of piperidine rings is 1. The first-order valence-corrected chi connectivity index (χ1v) is 12.7. The van der Waals surface area contributed by atoms with Crippen molar-refractivity contribution in [1.82, 2.24) is 4.90 Å². The summed E-state index contributed by atoms with van der Waals surface area (Å²) in [5, 5.41) is 36.6. The third-order valence-corrected chi connectivity index (χ3v) is 11.6. The molecule has 33 heavy (non-hydrogen) atoms. The van der Waals surface area contributed by atoms with E-state index >= 15 is 0 Å². The molecular formula is C25H41NO7. The molecular weight excluding hydrogens is 426 g/mol. The van der Waals surface area contributed by atoms with Crippen LogP contribution < -0.4 is 0 Å². The van der Waals surface area contributed by atoms with Gasteiger partial charge in [-0.2, -0.15) is 0 Å². The Morgan fingerprint density at radius 1 is 1.03 bits per heavy atom. The highest BCUT2D eigenvalue weighted by atomic mass is 16.5. The standard InChI is InChI=1S/C25H41NO7/c1-6-26-11-22(12-27)8-7-16(31-3)24-14-9-13-15(30-2)10-23(28,17(14)18(13)32-4)25(29,21(24)26)20(33-5)19(22)24/h13-21,27-29H,6-12H2,1-5H3/t13-,14?,15+,16+,17?,18+,19?,20+,21+,22+,23-,24+,25+/m1/s1. The van der Waals surface area contributed by atoms with Gasteiger partial charge in [-0.05, 0) is 31.7 Å². The number of nitrogens with zero attached hydrogens (tertiary/aromatic N) is 1. The van der Waals surface area contributed by atoms with Gasteiger partial charge in [0, 0.05) is 70.0 Å². The van der Waals surface area contributed by atoms with Crippen LogP contribution in [0.3, 0.4) is 0 Å². The maximum absolute atomic E-state index is 13.0. The Morgan fingerprint density at radius 2 is 1.79 bits per heavy atom. The molecule has 1 heterocycles. The highest BCUT2D eigenvalue weighted by Gasteiger charge is 2.91. The number of ether oxygens (including phenoxy) is 4. The van der Waals surface area contributed by atoms with Crippen molar-refractivity contribution in [2.75, 3.05) is 48.1 Å². The molecule has 6 rings (SSSR count). The van der Waals surface area contributed by atoms with Crippen LogP contribution in [0.25, 0.3) is 0 Å². The van der Waals surface area contributed by atoms with Gasteiger partial charge in [0.15, 0.2) is 0 Å². The van der Waals surface area contributed by atoms with Crippen LogP contribution in [0.5, 0.6) is 0 Å². The van der Waals surface area contributed by atoms with Gasteiger partial charge in [0.2, 0.25) is 0 Å². The van der Waals surface area contributed by atoms with E-state index in [2.05, 4.69) is 11.8 Å². The van der Waals surface area contributed by atoms with Gasteiger partial charge >= 0.3 is 0 Å². The van der Waals surface area contributed by atoms with E-state index in [1.54, 1.807) is 28.4 Å². The molecule has 5 saturated carbocycles. The molecule has 13 atom stereocenters. The van der Waals surface area contributed by atoms with Crippen molar-refractivity contribution in [3.63, 3.8) is 0 Å². The first-order chi connectivity index (χ1) is 15.8. The van der Waals surface area contributed by atoms with Crippen LogP contribution in [-0.4, -0.2) is 110 Å². The van der Waals surface area contributed by atoms with E-state index in [9.17, 15) is 15.3 Å². The fourth-order valence-electron chi connectivity index (χ4n) is 11.0. The van der Waals surface area contributed by atoms with Gasteiger partial charge in [-0.25, -0.2) is 0 Å². The van der Waals surface area contributed by atoms with Crippen molar-refractivity contribution in [1.29, 1.82) is 0 Å². The number of likely N-dealkylation sites (N-methyl/N-ethyl adjacent to an activating group) is 1. The van der Waals surface area contributed by atoms with Crippen LogP contribution in [-0.2, 0) is 18.9 Å². The maximum Gasteiger partial charge on any atom is 0.136 e. The fraction of sp³-hybridized carbons (Fsp3) is 1.00. The zero-order chi connectivity index (χ0) is 23.6. The molecule has 0 aromatic rings. The predicted molar refractivity (Wildman–Crippen MR) is 119 cm³/mol. The Kier molecular flexibility index (Phi) is 4.99. The molecule has 1 aliphatic heterocycles. The lowest BCUT2D eigenvalue weighted by Gasteiger charge is -2.70. The lowest BCUT2D eigenvalue weighted by atomic mass is 9.42. The second-order valence-corrected chi connectivity index (χ2v) is 11.8. The quantitative estimate of drug-likeness (QED) is 0.512. The van der Waals surface area contributed by atoms with Gasteiger partial charge in [0.05, 0.1) is 37.1 Å². The number of aliphatic hydroxyl groups is 3. The Morgan fingerprint density at radius 3 is 2.36 bits per heavy atom. The zero-order valence-electron chi connectivity index (χ0n) is 20.6. The zero-order valence-corrected chi connectivity index (χ0v) is 20.6. The van der Waals surface area contributed by atoms with Crippen molar-refractivity contribution in [2.24, 2.45) is 34.5 Å². The highest BCUT2D eigenvalue weighted by Crippen LogP contribution is 2.80. The third-order valence-electron chi connectivity index (χ3n) is 11.6. The number of hydrogen-bond acceptors (Lipinski definition) is 8. The van der Waals surface area contributed by atoms with Crippen molar-refractivity contribution >= 4 is 0 Å². The van der Waals surface area contributed by atoms with Crippen LogP contribution >= 0.6 is 0 Å². The molecule has 6 aliphatic rings. The van der Waals surface area contributed by atoms with Crippen LogP contribution in [0.15, 0.2) is 0 Å². The Hall–Kier alpha value is -0.320. The van der Waals surface area contributed by atoms with E-state index in [0.29, 0.717) is 13.0 Å². The molecule has 8 heteroatoms. The normalized spacial score (nSPS) is 60.9. The number of aliphatic hydroxyl groups excluding tert-OH is 1. The van der Waals surface area contributed by atoms with Crippen molar-refractivity contribution in [3.8, 4) is 0 Å². The Balaban J connectivity index is 1.68. The summed E-state index contributed by atoms with van der Waals surface area (Å²) in [6.07, 6.45) is 1.81. The van der Waals surface area contributed by atoms with E-state index in [-0.39, 0.29) is 54.6 Å². The number of likely N-dealkylation sites (tertiary alicyclic amines) is 1. The van der Waals surface area contributed by atoms with Gasteiger partial charge in [0.1, 0.15) is 11.2 Å². The molecule has 1 spiro atoms. The summed E-state index contributed by atoms with van der Waals surface area (Å²) in [6.45, 7) is 3.59. The van der Waals surface area contributed by atoms with E-state index in [1.165, 1.54) is 0 Å². The van der Waals surface area contributed by atoms with E-state index in [0.717, 1.165) is 25.8 Å². The average molecular weight is 468 g/mol. The smallest absolute Gasteiger partial charge is 0.136 e. The summed E-state index contributed by atoms with van der Waals surface area (Å²) in [5.41, 5.74) is -3.78. The van der Waals surface area contributed by atoms with Gasteiger partial charge in [-0.3, -0.25) is 4.90 Å². The monoisotopic (exact) mass is 467 g/mol. The number of rotatable bonds is 6. The van der Waals surface area contributed by atoms with Crippen molar-refractivity contribution in [2.45, 2.75) is 74.3 Å². The summed E-state index contributed by atoms with van der Waals surface area (Å²) in [7, 11) is 6.85. The molecule has 0 aromatic heterocycles. The minimum atomic E-state index is -1.52. The summed E-state index contributed by atoms with van der Waals surface area (Å²) >= 11 is 0. The molecule has 0 amide bonds. The molecule has 188 valence electrons. The van der Waals surface area contributed by atoms with Gasteiger partial charge in [-0.15, -0.1) is 0 Å². The fourth-order valence-corrected chi connectivity index (χ4v) is 11.0. The first-order valence-electron chi connectivity index (χ1n) is 12.7. The lowest BCUT2D eigenvalue weighted by Crippen LogP contribution is -2.82. The van der Waals surface area contributed by atoms with E-state index in [4.69, 9.17) is 18.9 Å². The molecule has 6 fully saturated rings. The highest BCUT2D eigenvalue weighted by molar-refractivity contribution is 5.41. The maximum atomic E-state index is 13.0. The molecule has 7 bridgehead atoms. The summed E-state index contributed by atoms with van der Waals surface area (Å²) in [6, 6.07) is -0.312. The summed E-state index contributed by atoms with van der Waals surface area (Å²) in [4.78, 5) is 2.33. The van der Waals surface area contributed by atoms with Crippen LogP contribution in [0.1, 0.15) is 32.6 Å². The first kappa shape index (κ1) is 23.1. The molecule has 0 aromatic carbocycles. The predicted octanol–water partition coefficient (Wildman–Crippen LogP) is 0.271. The minimum Gasteiger partial charge on any atom is -0.396 e. The van der Waals surface area contributed by atoms with Gasteiger partial charge < -0.3 is 34.3 Å². The van der Waals surface area contributed by atoms with Crippen LogP contribution in [0, 0.1) is 34.5 Å². The lowest BCUT2D eigenvalue weighted by molar-refractivity contribution is -0.320. The molecule has 3 N–H and O–H groups in total. The Labute approximate surface area is 196 Å². The van der Waals surface area contributed by atoms with Crippen LogP contribution in [0.2, 0.25) is 0 Å². The molecule has 5 aliphatic carbocycles. The Bertz CT molecular complexity index is 814. The number of methoxy groups -OCH3 is 4. The summed E-state index contributed by atoms with van der Waals surface area (Å²) < 4.78 is 24.5. The van der Waals surface area contributed by atoms with Gasteiger partial charge in [-0.1, -0.05) is 6.92 Å². The van der Waals surface area contributed by atoms with Crippen molar-refractivity contribution < 1.29 is 34.3 Å². The molecule has 0 radical (unpaired) electrons.